The van der Waals surface area contributed by atoms with Crippen LogP contribution in [0.4, 0.5) is 0 Å². The first kappa shape index (κ1) is 18.0. The standard InChI is InChI=1S/C16H32N4O/c1-5-6-7-10-19(3)16(17-2)18-14-15-9-8-11-20(15)12-13-21-4/h5,15H,1,6-14H2,2-4H3,(H,17,18). The first-order chi connectivity index (χ1) is 10.2. The van der Waals surface area contributed by atoms with Crippen LogP contribution in [0, 0.1) is 0 Å². The fourth-order valence-electron chi connectivity index (χ4n) is 2.80. The molecule has 0 aromatic heterocycles. The summed E-state index contributed by atoms with van der Waals surface area (Å²) in [4.78, 5) is 9.09. The van der Waals surface area contributed by atoms with Gasteiger partial charge in [-0.25, -0.2) is 0 Å². The van der Waals surface area contributed by atoms with E-state index in [0.29, 0.717) is 6.04 Å². The van der Waals surface area contributed by atoms with E-state index in [1.807, 2.05) is 13.1 Å². The Kier molecular flexibility index (Phi) is 9.10. The van der Waals surface area contributed by atoms with Crippen LogP contribution in [0.3, 0.4) is 0 Å². The lowest BCUT2D eigenvalue weighted by molar-refractivity contribution is 0.141. The van der Waals surface area contributed by atoms with Crippen molar-refractivity contribution in [1.82, 2.24) is 15.1 Å². The van der Waals surface area contributed by atoms with Gasteiger partial charge >= 0.3 is 0 Å². The smallest absolute Gasteiger partial charge is 0.193 e. The fourth-order valence-corrected chi connectivity index (χ4v) is 2.80. The number of hydrogen-bond acceptors (Lipinski definition) is 3. The molecular weight excluding hydrogens is 264 g/mol. The number of allylic oxidation sites excluding steroid dienone is 1. The van der Waals surface area contributed by atoms with Crippen LogP contribution in [0.15, 0.2) is 17.6 Å². The largest absolute Gasteiger partial charge is 0.383 e. The first-order valence-electron chi connectivity index (χ1n) is 7.98. The van der Waals surface area contributed by atoms with E-state index >= 15 is 0 Å². The summed E-state index contributed by atoms with van der Waals surface area (Å²) in [6.45, 7) is 8.75. The maximum atomic E-state index is 5.19. The number of rotatable bonds is 9. The molecule has 1 fully saturated rings. The van der Waals surface area contributed by atoms with Crippen molar-refractivity contribution in [3.63, 3.8) is 0 Å². The summed E-state index contributed by atoms with van der Waals surface area (Å²) < 4.78 is 5.19. The quantitative estimate of drug-likeness (QED) is 0.303. The average Bonchev–Trinajstić information content (AvgIpc) is 2.93. The summed E-state index contributed by atoms with van der Waals surface area (Å²) in [5.41, 5.74) is 0. The molecule has 5 nitrogen and oxygen atoms in total. The highest BCUT2D eigenvalue weighted by Gasteiger charge is 2.24. The zero-order valence-electron chi connectivity index (χ0n) is 14.0. The molecule has 1 unspecified atom stereocenters. The second kappa shape index (κ2) is 10.6. The van der Waals surface area contributed by atoms with E-state index in [9.17, 15) is 0 Å². The van der Waals surface area contributed by atoms with Gasteiger partial charge in [-0.15, -0.1) is 6.58 Å². The van der Waals surface area contributed by atoms with Crippen LogP contribution in [-0.2, 0) is 4.74 Å². The van der Waals surface area contributed by atoms with E-state index in [2.05, 4.69) is 33.7 Å². The van der Waals surface area contributed by atoms with Crippen molar-refractivity contribution in [3.8, 4) is 0 Å². The zero-order valence-corrected chi connectivity index (χ0v) is 14.0. The van der Waals surface area contributed by atoms with Crippen molar-refractivity contribution in [2.24, 2.45) is 4.99 Å². The van der Waals surface area contributed by atoms with Crippen molar-refractivity contribution in [2.75, 3.05) is 54.0 Å². The Bertz CT molecular complexity index is 319. The number of ether oxygens (including phenoxy) is 1. The third-order valence-electron chi connectivity index (χ3n) is 4.05. The molecule has 1 N–H and O–H groups in total. The monoisotopic (exact) mass is 296 g/mol. The van der Waals surface area contributed by atoms with Gasteiger partial charge in [0.05, 0.1) is 6.61 Å². The van der Waals surface area contributed by atoms with E-state index in [-0.39, 0.29) is 0 Å². The minimum absolute atomic E-state index is 0.596. The molecule has 0 aromatic carbocycles. The number of nitrogens with zero attached hydrogens (tertiary/aromatic N) is 3. The van der Waals surface area contributed by atoms with Crippen molar-refractivity contribution in [3.05, 3.63) is 12.7 Å². The SMILES string of the molecule is C=CCCCN(C)C(=NC)NCC1CCCN1CCOC. The van der Waals surface area contributed by atoms with Gasteiger partial charge in [-0.3, -0.25) is 9.89 Å². The molecule has 1 aliphatic heterocycles. The minimum Gasteiger partial charge on any atom is -0.383 e. The van der Waals surface area contributed by atoms with Crippen molar-refractivity contribution in [2.45, 2.75) is 31.7 Å². The van der Waals surface area contributed by atoms with Gasteiger partial charge in [0.25, 0.3) is 0 Å². The summed E-state index contributed by atoms with van der Waals surface area (Å²) in [7, 11) is 5.71. The number of methoxy groups -OCH3 is 1. The molecule has 1 rings (SSSR count). The highest BCUT2D eigenvalue weighted by Crippen LogP contribution is 2.15. The van der Waals surface area contributed by atoms with Gasteiger partial charge < -0.3 is 15.0 Å². The second-order valence-electron chi connectivity index (χ2n) is 5.61. The van der Waals surface area contributed by atoms with Crippen LogP contribution in [-0.4, -0.2) is 75.8 Å². The van der Waals surface area contributed by atoms with Gasteiger partial charge in [0, 0.05) is 46.9 Å². The molecule has 1 atom stereocenters. The molecule has 1 saturated heterocycles. The molecule has 21 heavy (non-hydrogen) atoms. The van der Waals surface area contributed by atoms with E-state index < -0.39 is 0 Å². The zero-order chi connectivity index (χ0) is 15.5. The normalized spacial score (nSPS) is 19.8. The molecule has 1 aliphatic rings. The summed E-state index contributed by atoms with van der Waals surface area (Å²) >= 11 is 0. The van der Waals surface area contributed by atoms with Gasteiger partial charge in [-0.1, -0.05) is 6.08 Å². The molecule has 0 aliphatic carbocycles. The van der Waals surface area contributed by atoms with Gasteiger partial charge in [0.1, 0.15) is 0 Å². The van der Waals surface area contributed by atoms with Gasteiger partial charge in [0.15, 0.2) is 5.96 Å². The van der Waals surface area contributed by atoms with Crippen LogP contribution in [0.1, 0.15) is 25.7 Å². The predicted octanol–water partition coefficient (Wildman–Crippen LogP) is 1.57. The molecule has 0 aromatic rings. The molecule has 1 heterocycles. The first-order valence-corrected chi connectivity index (χ1v) is 7.98. The van der Waals surface area contributed by atoms with Crippen LogP contribution in [0.5, 0.6) is 0 Å². The summed E-state index contributed by atoms with van der Waals surface area (Å²) in [5.74, 6) is 0.984. The average molecular weight is 296 g/mol. The minimum atomic E-state index is 0.596. The third kappa shape index (κ3) is 6.48. The molecular formula is C16H32N4O. The second-order valence-corrected chi connectivity index (χ2v) is 5.61. The van der Waals surface area contributed by atoms with Crippen LogP contribution >= 0.6 is 0 Å². The highest BCUT2D eigenvalue weighted by molar-refractivity contribution is 5.79. The van der Waals surface area contributed by atoms with Crippen molar-refractivity contribution >= 4 is 5.96 Å². The van der Waals surface area contributed by atoms with Gasteiger partial charge in [0.2, 0.25) is 0 Å². The molecule has 122 valence electrons. The molecule has 0 saturated carbocycles. The maximum absolute atomic E-state index is 5.19. The van der Waals surface area contributed by atoms with E-state index in [1.165, 1.54) is 19.4 Å². The molecule has 0 amide bonds. The third-order valence-corrected chi connectivity index (χ3v) is 4.05. The lowest BCUT2D eigenvalue weighted by Gasteiger charge is -2.27. The lowest BCUT2D eigenvalue weighted by atomic mass is 10.2. The maximum Gasteiger partial charge on any atom is 0.193 e. The Morgan fingerprint density at radius 2 is 2.38 bits per heavy atom. The topological polar surface area (TPSA) is 40.1 Å². The summed E-state index contributed by atoms with van der Waals surface area (Å²) in [6, 6.07) is 0.596. The van der Waals surface area contributed by atoms with E-state index in [0.717, 1.165) is 45.0 Å². The van der Waals surface area contributed by atoms with Crippen LogP contribution in [0.2, 0.25) is 0 Å². The number of hydrogen-bond donors (Lipinski definition) is 1. The predicted molar refractivity (Wildman–Crippen MR) is 89.9 cm³/mol. The van der Waals surface area contributed by atoms with Crippen LogP contribution in [0.25, 0.3) is 0 Å². The highest BCUT2D eigenvalue weighted by atomic mass is 16.5. The number of aliphatic imine (C=N–C) groups is 1. The number of guanidine groups is 1. The number of unbranched alkanes of at least 4 members (excludes halogenated alkanes) is 1. The Labute approximate surface area is 130 Å². The Morgan fingerprint density at radius 1 is 1.57 bits per heavy atom. The van der Waals surface area contributed by atoms with Crippen molar-refractivity contribution in [1.29, 1.82) is 0 Å². The van der Waals surface area contributed by atoms with Gasteiger partial charge in [-0.05, 0) is 32.2 Å². The summed E-state index contributed by atoms with van der Waals surface area (Å²) in [5, 5.41) is 3.51. The lowest BCUT2D eigenvalue weighted by Crippen LogP contribution is -2.46. The Balaban J connectivity index is 2.34. The van der Waals surface area contributed by atoms with Crippen molar-refractivity contribution < 1.29 is 4.74 Å². The summed E-state index contributed by atoms with van der Waals surface area (Å²) in [6.07, 6.45) is 6.67. The fraction of sp³-hybridized carbons (Fsp3) is 0.812. The van der Waals surface area contributed by atoms with E-state index in [1.54, 1.807) is 7.11 Å². The van der Waals surface area contributed by atoms with Gasteiger partial charge in [-0.2, -0.15) is 0 Å². The number of likely N-dealkylation sites (tertiary alicyclic amines) is 1. The molecule has 0 spiro atoms. The Morgan fingerprint density at radius 3 is 3.05 bits per heavy atom. The molecule has 0 bridgehead atoms. The Hall–Kier alpha value is -1.07. The molecule has 0 radical (unpaired) electrons. The number of nitrogens with one attached hydrogen (secondary N) is 1. The van der Waals surface area contributed by atoms with E-state index in [4.69, 9.17) is 4.74 Å². The van der Waals surface area contributed by atoms with Crippen LogP contribution < -0.4 is 5.32 Å². The molecule has 5 heteroatoms.